The summed E-state index contributed by atoms with van der Waals surface area (Å²) in [5, 5.41) is 0. The average Bonchev–Trinajstić information content (AvgIpc) is 3.31. The summed E-state index contributed by atoms with van der Waals surface area (Å²) in [7, 11) is 0. The standard InChI is InChI=1S/C60H104O6/c1-4-7-10-13-16-19-22-24-26-28-30-32-34-36-38-41-44-47-50-53-59(62)65-56-57(55-64-58(61)52-49-46-43-40-21-18-15-12-9-6-3)66-60(63)54-51-48-45-42-39-37-35-33-31-29-27-25-23-20-17-14-11-8-5-2/h7,10,16-17,19-20,24-27,30,32,57H,4-6,8-9,11-15,18,21-23,28-29,31,33-56H2,1-3H3/b10-7-,19-16-,20-17-,26-24-,27-25-,32-30-. The summed E-state index contributed by atoms with van der Waals surface area (Å²) < 4.78 is 16.8. The third kappa shape index (κ3) is 51.8. The molecule has 0 saturated carbocycles. The summed E-state index contributed by atoms with van der Waals surface area (Å²) in [6.45, 7) is 6.49. The fourth-order valence-corrected chi connectivity index (χ4v) is 7.76. The second kappa shape index (κ2) is 54.5. The monoisotopic (exact) mass is 921 g/mol. The lowest BCUT2D eigenvalue weighted by atomic mass is 10.1. The molecule has 0 aromatic heterocycles. The lowest BCUT2D eigenvalue weighted by Gasteiger charge is -2.18. The molecular formula is C60H104O6. The SMILES string of the molecule is CC/C=C\C/C=C\C/C=C\C/C=C\CCCCCCCCC(=O)OCC(COC(=O)CCCCCCCCCCCC)OC(=O)CCCCCCCCCCC/C=C\C/C=C\CCCCC. The zero-order valence-corrected chi connectivity index (χ0v) is 43.4. The van der Waals surface area contributed by atoms with Gasteiger partial charge in [0, 0.05) is 19.3 Å². The molecule has 0 fully saturated rings. The van der Waals surface area contributed by atoms with Crippen LogP contribution in [0.25, 0.3) is 0 Å². The van der Waals surface area contributed by atoms with Crippen LogP contribution in [0, 0.1) is 0 Å². The van der Waals surface area contributed by atoms with Crippen LogP contribution < -0.4 is 0 Å². The molecule has 0 saturated heterocycles. The van der Waals surface area contributed by atoms with Gasteiger partial charge in [0.15, 0.2) is 6.10 Å². The molecule has 1 unspecified atom stereocenters. The molecule has 6 nitrogen and oxygen atoms in total. The molecule has 0 aliphatic rings. The molecule has 0 heterocycles. The van der Waals surface area contributed by atoms with Gasteiger partial charge in [-0.1, -0.05) is 235 Å². The molecule has 0 radical (unpaired) electrons. The van der Waals surface area contributed by atoms with Gasteiger partial charge in [-0.2, -0.15) is 0 Å². The number of unbranched alkanes of at least 4 members (excludes halogenated alkanes) is 27. The van der Waals surface area contributed by atoms with Crippen molar-refractivity contribution in [3.63, 3.8) is 0 Å². The molecule has 0 spiro atoms. The van der Waals surface area contributed by atoms with Gasteiger partial charge in [0.1, 0.15) is 13.2 Å². The fraction of sp³-hybridized carbons (Fsp3) is 0.750. The van der Waals surface area contributed by atoms with E-state index in [-0.39, 0.29) is 31.1 Å². The maximum Gasteiger partial charge on any atom is 0.306 e. The number of carbonyl (C=O) groups is 3. The van der Waals surface area contributed by atoms with Crippen LogP contribution in [0.1, 0.15) is 271 Å². The van der Waals surface area contributed by atoms with Gasteiger partial charge in [0.25, 0.3) is 0 Å². The topological polar surface area (TPSA) is 78.9 Å². The molecule has 66 heavy (non-hydrogen) atoms. The van der Waals surface area contributed by atoms with E-state index in [1.807, 2.05) is 0 Å². The first-order valence-corrected chi connectivity index (χ1v) is 27.9. The average molecular weight is 921 g/mol. The Balaban J connectivity index is 4.34. The van der Waals surface area contributed by atoms with Gasteiger partial charge in [-0.3, -0.25) is 14.4 Å². The molecule has 0 aliphatic heterocycles. The molecule has 0 aromatic carbocycles. The second-order valence-electron chi connectivity index (χ2n) is 18.5. The van der Waals surface area contributed by atoms with Crippen LogP contribution >= 0.6 is 0 Å². The van der Waals surface area contributed by atoms with Gasteiger partial charge in [-0.15, -0.1) is 0 Å². The van der Waals surface area contributed by atoms with E-state index in [0.717, 1.165) is 96.3 Å². The summed E-state index contributed by atoms with van der Waals surface area (Å²) in [5.41, 5.74) is 0. The molecule has 6 heteroatoms. The fourth-order valence-electron chi connectivity index (χ4n) is 7.76. The van der Waals surface area contributed by atoms with Gasteiger partial charge >= 0.3 is 17.9 Å². The molecule has 1 atom stereocenters. The van der Waals surface area contributed by atoms with Crippen LogP contribution in [-0.2, 0) is 28.6 Å². The van der Waals surface area contributed by atoms with Gasteiger partial charge < -0.3 is 14.2 Å². The molecular weight excluding hydrogens is 817 g/mol. The van der Waals surface area contributed by atoms with E-state index in [1.54, 1.807) is 0 Å². The van der Waals surface area contributed by atoms with Crippen molar-refractivity contribution in [3.05, 3.63) is 72.9 Å². The molecule has 380 valence electrons. The Morgan fingerprint density at radius 3 is 0.955 bits per heavy atom. The first kappa shape index (κ1) is 62.8. The predicted octanol–water partition coefficient (Wildman–Crippen LogP) is 18.6. The van der Waals surface area contributed by atoms with Gasteiger partial charge in [-0.05, 0) is 89.9 Å². The van der Waals surface area contributed by atoms with Gasteiger partial charge in [-0.25, -0.2) is 0 Å². The number of rotatable bonds is 50. The molecule has 0 rings (SSSR count). The molecule has 0 amide bonds. The smallest absolute Gasteiger partial charge is 0.306 e. The third-order valence-corrected chi connectivity index (χ3v) is 11.9. The van der Waals surface area contributed by atoms with E-state index < -0.39 is 6.10 Å². The van der Waals surface area contributed by atoms with Crippen LogP contribution in [0.2, 0.25) is 0 Å². The van der Waals surface area contributed by atoms with Crippen molar-refractivity contribution in [3.8, 4) is 0 Å². The predicted molar refractivity (Wildman–Crippen MR) is 284 cm³/mol. The number of carbonyl (C=O) groups excluding carboxylic acids is 3. The van der Waals surface area contributed by atoms with Crippen LogP contribution in [-0.4, -0.2) is 37.2 Å². The maximum atomic E-state index is 12.8. The van der Waals surface area contributed by atoms with E-state index in [1.165, 1.54) is 135 Å². The summed E-state index contributed by atoms with van der Waals surface area (Å²) in [6.07, 6.45) is 68.9. The highest BCUT2D eigenvalue weighted by molar-refractivity contribution is 5.71. The van der Waals surface area contributed by atoms with Crippen molar-refractivity contribution in [1.29, 1.82) is 0 Å². The number of hydrogen-bond donors (Lipinski definition) is 0. The van der Waals surface area contributed by atoms with Crippen molar-refractivity contribution in [2.45, 2.75) is 277 Å². The van der Waals surface area contributed by atoms with Crippen molar-refractivity contribution >= 4 is 17.9 Å². The van der Waals surface area contributed by atoms with E-state index in [0.29, 0.717) is 19.3 Å². The van der Waals surface area contributed by atoms with Crippen molar-refractivity contribution in [2.75, 3.05) is 13.2 Å². The molecule has 0 N–H and O–H groups in total. The van der Waals surface area contributed by atoms with E-state index in [9.17, 15) is 14.4 Å². The zero-order valence-electron chi connectivity index (χ0n) is 43.4. The summed E-state index contributed by atoms with van der Waals surface area (Å²) >= 11 is 0. The summed E-state index contributed by atoms with van der Waals surface area (Å²) in [6, 6.07) is 0. The van der Waals surface area contributed by atoms with Crippen LogP contribution in [0.15, 0.2) is 72.9 Å². The van der Waals surface area contributed by atoms with E-state index >= 15 is 0 Å². The number of esters is 3. The minimum absolute atomic E-state index is 0.0800. The number of ether oxygens (including phenoxy) is 3. The quantitative estimate of drug-likeness (QED) is 0.0262. The lowest BCUT2D eigenvalue weighted by molar-refractivity contribution is -0.167. The Morgan fingerprint density at radius 2 is 0.591 bits per heavy atom. The Hall–Kier alpha value is -3.15. The number of hydrogen-bond acceptors (Lipinski definition) is 6. The summed E-state index contributed by atoms with van der Waals surface area (Å²) in [4.78, 5) is 38.1. The van der Waals surface area contributed by atoms with Crippen molar-refractivity contribution < 1.29 is 28.6 Å². The Kier molecular flexibility index (Phi) is 51.9. The van der Waals surface area contributed by atoms with Crippen LogP contribution in [0.3, 0.4) is 0 Å². The second-order valence-corrected chi connectivity index (χ2v) is 18.5. The lowest BCUT2D eigenvalue weighted by Crippen LogP contribution is -2.30. The zero-order chi connectivity index (χ0) is 47.9. The Bertz CT molecular complexity index is 1240. The minimum Gasteiger partial charge on any atom is -0.462 e. The third-order valence-electron chi connectivity index (χ3n) is 11.9. The Labute approximate surface area is 408 Å². The van der Waals surface area contributed by atoms with Crippen molar-refractivity contribution in [1.82, 2.24) is 0 Å². The normalized spacial score (nSPS) is 12.6. The highest BCUT2D eigenvalue weighted by atomic mass is 16.6. The van der Waals surface area contributed by atoms with Gasteiger partial charge in [0.2, 0.25) is 0 Å². The molecule has 0 aliphatic carbocycles. The highest BCUT2D eigenvalue weighted by Crippen LogP contribution is 2.15. The Morgan fingerprint density at radius 1 is 0.318 bits per heavy atom. The highest BCUT2D eigenvalue weighted by Gasteiger charge is 2.19. The van der Waals surface area contributed by atoms with Crippen LogP contribution in [0.4, 0.5) is 0 Å². The van der Waals surface area contributed by atoms with Gasteiger partial charge in [0.05, 0.1) is 0 Å². The summed E-state index contributed by atoms with van der Waals surface area (Å²) in [5.74, 6) is -0.894. The number of allylic oxidation sites excluding steroid dienone is 12. The first-order valence-electron chi connectivity index (χ1n) is 27.9. The molecule has 0 bridgehead atoms. The minimum atomic E-state index is -0.782. The first-order chi connectivity index (χ1) is 32.5. The van der Waals surface area contributed by atoms with E-state index in [2.05, 4.69) is 93.7 Å². The van der Waals surface area contributed by atoms with Crippen molar-refractivity contribution in [2.24, 2.45) is 0 Å². The maximum absolute atomic E-state index is 12.8. The van der Waals surface area contributed by atoms with Crippen LogP contribution in [0.5, 0.6) is 0 Å². The largest absolute Gasteiger partial charge is 0.462 e. The van der Waals surface area contributed by atoms with E-state index in [4.69, 9.17) is 14.2 Å². The molecule has 0 aromatic rings.